The molecule has 2 heterocycles. The zero-order valence-corrected chi connectivity index (χ0v) is 18.0. The zero-order chi connectivity index (χ0) is 22.6. The van der Waals surface area contributed by atoms with E-state index in [1.807, 2.05) is 48.5 Å². The van der Waals surface area contributed by atoms with E-state index >= 15 is 0 Å². The third-order valence-corrected chi connectivity index (χ3v) is 5.24. The van der Waals surface area contributed by atoms with Crippen molar-refractivity contribution in [2.45, 2.75) is 6.92 Å². The summed E-state index contributed by atoms with van der Waals surface area (Å²) in [5.74, 6) is 0.437. The third kappa shape index (κ3) is 4.04. The number of para-hydroxylation sites is 1. The molecule has 7 heteroatoms. The van der Waals surface area contributed by atoms with Crippen LogP contribution in [-0.2, 0) is 4.74 Å². The fourth-order valence-electron chi connectivity index (χ4n) is 3.69. The van der Waals surface area contributed by atoms with Crippen molar-refractivity contribution in [2.75, 3.05) is 12.0 Å². The van der Waals surface area contributed by atoms with Crippen LogP contribution >= 0.6 is 0 Å². The molecule has 0 spiro atoms. The first kappa shape index (κ1) is 20.4. The van der Waals surface area contributed by atoms with E-state index < -0.39 is 0 Å². The van der Waals surface area contributed by atoms with Crippen LogP contribution in [0.5, 0.6) is 0 Å². The molecule has 162 valence electrons. The summed E-state index contributed by atoms with van der Waals surface area (Å²) < 4.78 is 7.07. The molecule has 0 aliphatic carbocycles. The van der Waals surface area contributed by atoms with Gasteiger partial charge in [0.1, 0.15) is 0 Å². The van der Waals surface area contributed by atoms with Gasteiger partial charge in [0.05, 0.1) is 29.6 Å². The smallest absolute Gasteiger partial charge is 0.338 e. The second kappa shape index (κ2) is 8.92. The number of nitrogens with zero attached hydrogens (tertiary/aromatic N) is 4. The predicted molar refractivity (Wildman–Crippen MR) is 130 cm³/mol. The van der Waals surface area contributed by atoms with Crippen LogP contribution in [0, 0.1) is 0 Å². The van der Waals surface area contributed by atoms with Gasteiger partial charge in [0.15, 0.2) is 11.5 Å². The van der Waals surface area contributed by atoms with Crippen LogP contribution in [0.4, 0.5) is 5.69 Å². The zero-order valence-electron chi connectivity index (χ0n) is 18.0. The van der Waals surface area contributed by atoms with Crippen molar-refractivity contribution in [2.24, 2.45) is 5.10 Å². The van der Waals surface area contributed by atoms with Gasteiger partial charge in [0, 0.05) is 11.1 Å². The molecule has 0 saturated carbocycles. The number of hydrogen-bond donors (Lipinski definition) is 1. The molecule has 0 unspecified atom stereocenters. The number of ether oxygens (including phenoxy) is 1. The monoisotopic (exact) mass is 435 g/mol. The number of pyridine rings is 1. The summed E-state index contributed by atoms with van der Waals surface area (Å²) in [5.41, 5.74) is 7.82. The van der Waals surface area contributed by atoms with Crippen molar-refractivity contribution < 1.29 is 9.53 Å². The summed E-state index contributed by atoms with van der Waals surface area (Å²) in [6.45, 7) is 2.13. The average Bonchev–Trinajstić information content (AvgIpc) is 3.31. The maximum Gasteiger partial charge on any atom is 0.338 e. The van der Waals surface area contributed by atoms with Crippen molar-refractivity contribution in [1.82, 2.24) is 14.6 Å². The van der Waals surface area contributed by atoms with Crippen LogP contribution in [0.2, 0.25) is 0 Å². The SMILES string of the molecule is CCOC(=O)c1ccc(N/N=C/c2cc3ccccc3n3c(-c4ccccc4)nnc23)cc1. The Morgan fingerprint density at radius 3 is 2.55 bits per heavy atom. The van der Waals surface area contributed by atoms with Gasteiger partial charge in [-0.1, -0.05) is 48.5 Å². The molecule has 0 aliphatic heterocycles. The fraction of sp³-hybridized carbons (Fsp3) is 0.0769. The highest BCUT2D eigenvalue weighted by Crippen LogP contribution is 2.25. The first-order valence-electron chi connectivity index (χ1n) is 10.6. The molecule has 0 fully saturated rings. The molecule has 0 saturated heterocycles. The van der Waals surface area contributed by atoms with Gasteiger partial charge in [-0.3, -0.25) is 9.83 Å². The van der Waals surface area contributed by atoms with Crippen LogP contribution in [0.1, 0.15) is 22.8 Å². The van der Waals surface area contributed by atoms with E-state index in [2.05, 4.69) is 37.3 Å². The number of hydrazone groups is 1. The highest BCUT2D eigenvalue weighted by atomic mass is 16.5. The molecule has 0 bridgehead atoms. The van der Waals surface area contributed by atoms with Crippen LogP contribution in [0.15, 0.2) is 90.0 Å². The first-order chi connectivity index (χ1) is 16.2. The second-order valence-electron chi connectivity index (χ2n) is 7.37. The third-order valence-electron chi connectivity index (χ3n) is 5.24. The number of aromatic nitrogens is 3. The Balaban J connectivity index is 1.49. The lowest BCUT2D eigenvalue weighted by Gasteiger charge is -2.07. The summed E-state index contributed by atoms with van der Waals surface area (Å²) in [5, 5.41) is 14.4. The maximum atomic E-state index is 11.8. The Kier molecular flexibility index (Phi) is 5.51. The minimum Gasteiger partial charge on any atom is -0.462 e. The molecule has 3 aromatic carbocycles. The van der Waals surface area contributed by atoms with Crippen molar-refractivity contribution in [1.29, 1.82) is 0 Å². The van der Waals surface area contributed by atoms with Gasteiger partial charge in [-0.25, -0.2) is 4.79 Å². The van der Waals surface area contributed by atoms with Crippen molar-refractivity contribution in [3.63, 3.8) is 0 Å². The summed E-state index contributed by atoms with van der Waals surface area (Å²) in [7, 11) is 0. The van der Waals surface area contributed by atoms with E-state index in [-0.39, 0.29) is 5.97 Å². The van der Waals surface area contributed by atoms with Crippen molar-refractivity contribution >= 4 is 34.4 Å². The van der Waals surface area contributed by atoms with E-state index in [1.54, 1.807) is 37.4 Å². The normalized spacial score (nSPS) is 11.3. The lowest BCUT2D eigenvalue weighted by Crippen LogP contribution is -2.04. The number of carbonyl (C=O) groups is 1. The highest BCUT2D eigenvalue weighted by molar-refractivity contribution is 5.96. The Morgan fingerprint density at radius 2 is 1.76 bits per heavy atom. The van der Waals surface area contributed by atoms with E-state index in [9.17, 15) is 4.79 Å². The number of esters is 1. The highest BCUT2D eigenvalue weighted by Gasteiger charge is 2.14. The van der Waals surface area contributed by atoms with E-state index in [4.69, 9.17) is 4.74 Å². The predicted octanol–water partition coefficient (Wildman–Crippen LogP) is 5.17. The summed E-state index contributed by atoms with van der Waals surface area (Å²) >= 11 is 0. The molecular formula is C26H21N5O2. The van der Waals surface area contributed by atoms with Gasteiger partial charge in [-0.2, -0.15) is 5.10 Å². The Hall–Kier alpha value is -4.52. The Bertz CT molecular complexity index is 1460. The molecule has 1 N–H and O–H groups in total. The number of rotatable bonds is 6. The van der Waals surface area contributed by atoms with Crippen LogP contribution in [0.3, 0.4) is 0 Å². The van der Waals surface area contributed by atoms with Crippen LogP contribution in [0.25, 0.3) is 27.9 Å². The summed E-state index contributed by atoms with van der Waals surface area (Å²) in [6.07, 6.45) is 1.73. The van der Waals surface area contributed by atoms with E-state index in [0.29, 0.717) is 12.2 Å². The minimum atomic E-state index is -0.341. The number of fused-ring (bicyclic) bond motifs is 3. The molecule has 0 amide bonds. The molecule has 0 aliphatic rings. The largest absolute Gasteiger partial charge is 0.462 e. The van der Waals surface area contributed by atoms with Gasteiger partial charge < -0.3 is 4.74 Å². The quantitative estimate of drug-likeness (QED) is 0.226. The average molecular weight is 435 g/mol. The number of nitrogens with one attached hydrogen (secondary N) is 1. The van der Waals surface area contributed by atoms with Crippen LogP contribution < -0.4 is 5.43 Å². The second-order valence-corrected chi connectivity index (χ2v) is 7.37. The molecule has 7 nitrogen and oxygen atoms in total. The van der Waals surface area contributed by atoms with Gasteiger partial charge in [0.2, 0.25) is 0 Å². The fourth-order valence-corrected chi connectivity index (χ4v) is 3.69. The summed E-state index contributed by atoms with van der Waals surface area (Å²) in [6, 6.07) is 27.1. The maximum absolute atomic E-state index is 11.8. The lowest BCUT2D eigenvalue weighted by molar-refractivity contribution is 0.0526. The minimum absolute atomic E-state index is 0.341. The molecule has 2 aromatic heterocycles. The molecular weight excluding hydrogens is 414 g/mol. The van der Waals surface area contributed by atoms with E-state index in [0.717, 1.165) is 39.2 Å². The standard InChI is InChI=1S/C26H21N5O2/c1-2-33-26(32)19-12-14-22(15-13-19)28-27-17-21-16-20-10-6-7-11-23(20)31-24(29-30-25(21)31)18-8-4-3-5-9-18/h3-17,28H,2H2,1H3/b27-17+. The summed E-state index contributed by atoms with van der Waals surface area (Å²) in [4.78, 5) is 11.8. The van der Waals surface area contributed by atoms with Gasteiger partial charge >= 0.3 is 5.97 Å². The van der Waals surface area contributed by atoms with Gasteiger partial charge in [-0.05, 0) is 48.7 Å². The van der Waals surface area contributed by atoms with E-state index in [1.165, 1.54) is 0 Å². The van der Waals surface area contributed by atoms with Gasteiger partial charge in [0.25, 0.3) is 0 Å². The number of carbonyl (C=O) groups excluding carboxylic acids is 1. The number of benzene rings is 3. The molecule has 33 heavy (non-hydrogen) atoms. The molecule has 0 radical (unpaired) electrons. The molecule has 5 aromatic rings. The van der Waals surface area contributed by atoms with Crippen molar-refractivity contribution in [3.8, 4) is 11.4 Å². The number of anilines is 1. The first-order valence-corrected chi connectivity index (χ1v) is 10.6. The Labute approximate surface area is 190 Å². The van der Waals surface area contributed by atoms with Crippen molar-refractivity contribution in [3.05, 3.63) is 96.1 Å². The topological polar surface area (TPSA) is 80.9 Å². The molecule has 0 atom stereocenters. The Morgan fingerprint density at radius 1 is 1.00 bits per heavy atom. The molecule has 5 rings (SSSR count). The van der Waals surface area contributed by atoms with Gasteiger partial charge in [-0.15, -0.1) is 10.2 Å². The lowest BCUT2D eigenvalue weighted by atomic mass is 10.1. The number of hydrogen-bond acceptors (Lipinski definition) is 6. The van der Waals surface area contributed by atoms with Crippen LogP contribution in [-0.4, -0.2) is 33.4 Å².